The van der Waals surface area contributed by atoms with E-state index in [1.807, 2.05) is 36.4 Å². The van der Waals surface area contributed by atoms with Crippen LogP contribution in [0.5, 0.6) is 0 Å². The molecule has 7 aromatic carbocycles. The summed E-state index contributed by atoms with van der Waals surface area (Å²) in [5.41, 5.74) is 12.2. The first kappa shape index (κ1) is 31.7. The molecule has 0 radical (unpaired) electrons. The molecule has 10 aromatic rings. The van der Waals surface area contributed by atoms with Crippen LogP contribution in [-0.2, 0) is 5.41 Å². The molecule has 3 aromatic heterocycles. The number of fused-ring (bicyclic) bond motifs is 8. The maximum absolute atomic E-state index is 6.54. The van der Waals surface area contributed by atoms with Crippen LogP contribution < -0.4 is 0 Å². The molecule has 11 rings (SSSR count). The van der Waals surface area contributed by atoms with E-state index in [1.54, 1.807) is 11.3 Å². The lowest BCUT2D eigenvalue weighted by Crippen LogP contribution is -2.15. The van der Waals surface area contributed by atoms with Gasteiger partial charge in [0.05, 0.1) is 0 Å². The molecule has 0 bridgehead atoms. The topological polar surface area (TPSA) is 64.7 Å². The van der Waals surface area contributed by atoms with Gasteiger partial charge in [-0.05, 0) is 64.2 Å². The summed E-state index contributed by atoms with van der Waals surface area (Å²) in [6.45, 7) is 4.56. The van der Waals surface area contributed by atoms with Crippen molar-refractivity contribution < 1.29 is 4.42 Å². The van der Waals surface area contributed by atoms with Crippen LogP contribution in [-0.4, -0.2) is 19.9 Å². The number of nitrogens with zero attached hydrogens (tertiary/aromatic N) is 4. The normalized spacial score (nSPS) is 13.1. The number of hydrogen-bond donors (Lipinski definition) is 0. The zero-order valence-electron chi connectivity index (χ0n) is 30.1. The molecule has 0 spiro atoms. The zero-order valence-corrected chi connectivity index (χ0v) is 30.9. The zero-order chi connectivity index (χ0) is 36.7. The van der Waals surface area contributed by atoms with Crippen molar-refractivity contribution in [2.24, 2.45) is 0 Å². The average Bonchev–Trinajstić information content (AvgIpc) is 3.92. The van der Waals surface area contributed by atoms with Crippen LogP contribution >= 0.6 is 11.3 Å². The van der Waals surface area contributed by atoms with Crippen LogP contribution in [0, 0.1) is 0 Å². The number of rotatable bonds is 5. The second-order valence-corrected chi connectivity index (χ2v) is 15.7. The van der Waals surface area contributed by atoms with E-state index in [-0.39, 0.29) is 5.41 Å². The molecule has 1 aliphatic rings. The van der Waals surface area contributed by atoms with Gasteiger partial charge in [0.25, 0.3) is 0 Å². The number of oxazole rings is 1. The van der Waals surface area contributed by atoms with Crippen LogP contribution in [0.4, 0.5) is 0 Å². The van der Waals surface area contributed by atoms with Crippen LogP contribution in [0.15, 0.2) is 162 Å². The summed E-state index contributed by atoms with van der Waals surface area (Å²) >= 11 is 1.78. The van der Waals surface area contributed by atoms with Crippen LogP contribution in [0.3, 0.4) is 0 Å². The van der Waals surface area contributed by atoms with Crippen molar-refractivity contribution in [1.29, 1.82) is 0 Å². The van der Waals surface area contributed by atoms with Crippen molar-refractivity contribution in [2.75, 3.05) is 0 Å². The molecule has 0 amide bonds. The molecular formula is C49H32N4OS. The van der Waals surface area contributed by atoms with E-state index in [0.29, 0.717) is 23.4 Å². The highest BCUT2D eigenvalue weighted by Crippen LogP contribution is 2.52. The van der Waals surface area contributed by atoms with E-state index in [9.17, 15) is 0 Å². The first-order valence-electron chi connectivity index (χ1n) is 18.5. The summed E-state index contributed by atoms with van der Waals surface area (Å²) in [6.07, 6.45) is 0. The van der Waals surface area contributed by atoms with Crippen molar-refractivity contribution >= 4 is 42.6 Å². The molecule has 3 heterocycles. The second-order valence-electron chi connectivity index (χ2n) is 14.6. The molecule has 6 heteroatoms. The minimum absolute atomic E-state index is 0.288. The fourth-order valence-corrected chi connectivity index (χ4v) is 9.38. The van der Waals surface area contributed by atoms with Gasteiger partial charge in [-0.25, -0.2) is 19.9 Å². The fraction of sp³-hybridized carbons (Fsp3) is 0.0612. The molecular weight excluding hydrogens is 693 g/mol. The Morgan fingerprint density at radius 2 is 1.11 bits per heavy atom. The van der Waals surface area contributed by atoms with Crippen molar-refractivity contribution in [3.05, 3.63) is 169 Å². The number of benzene rings is 7. The Morgan fingerprint density at radius 1 is 0.473 bits per heavy atom. The molecule has 5 nitrogen and oxygen atoms in total. The summed E-state index contributed by atoms with van der Waals surface area (Å²) in [7, 11) is 0. The average molecular weight is 725 g/mol. The van der Waals surface area contributed by atoms with Gasteiger partial charge in [0.15, 0.2) is 23.1 Å². The lowest BCUT2D eigenvalue weighted by atomic mass is 9.82. The number of thiophene rings is 1. The molecule has 0 saturated heterocycles. The Morgan fingerprint density at radius 3 is 1.91 bits per heavy atom. The maximum atomic E-state index is 6.54. The standard InChI is InChI=1S/C49H32N4OS/c1-49(2)38-26-27-40-43(54-48(50-40)32-14-7-4-8-15-32)42(38)36-25-24-33(28-39(36)49)46-51-45(31-22-20-30(21-23-31)29-12-5-3-6-13-29)52-47(53-46)37-18-11-17-35-34-16-9-10-19-41(34)55-44(35)37/h3-28H,1-2H3. The third kappa shape index (κ3) is 5.06. The van der Waals surface area contributed by atoms with Gasteiger partial charge < -0.3 is 4.42 Å². The van der Waals surface area contributed by atoms with Gasteiger partial charge in [0.2, 0.25) is 5.89 Å². The quantitative estimate of drug-likeness (QED) is 0.177. The van der Waals surface area contributed by atoms with E-state index in [4.69, 9.17) is 24.4 Å². The Kier molecular flexibility index (Phi) is 7.00. The van der Waals surface area contributed by atoms with Crippen LogP contribution in [0.2, 0.25) is 0 Å². The molecule has 0 N–H and O–H groups in total. The summed E-state index contributed by atoms with van der Waals surface area (Å²) in [5, 5.41) is 2.45. The second kappa shape index (κ2) is 12.1. The van der Waals surface area contributed by atoms with Gasteiger partial charge in [0, 0.05) is 53.4 Å². The van der Waals surface area contributed by atoms with Gasteiger partial charge in [-0.15, -0.1) is 11.3 Å². The maximum Gasteiger partial charge on any atom is 0.227 e. The molecule has 55 heavy (non-hydrogen) atoms. The van der Waals surface area contributed by atoms with Gasteiger partial charge in [-0.2, -0.15) is 0 Å². The summed E-state index contributed by atoms with van der Waals surface area (Å²) in [5.74, 6) is 2.56. The van der Waals surface area contributed by atoms with Crippen molar-refractivity contribution in [1.82, 2.24) is 19.9 Å². The monoisotopic (exact) mass is 724 g/mol. The van der Waals surface area contributed by atoms with Gasteiger partial charge in [-0.3, -0.25) is 0 Å². The van der Waals surface area contributed by atoms with Crippen molar-refractivity contribution in [3.8, 4) is 67.9 Å². The summed E-state index contributed by atoms with van der Waals surface area (Å²) < 4.78 is 8.95. The minimum atomic E-state index is -0.288. The summed E-state index contributed by atoms with van der Waals surface area (Å²) in [4.78, 5) is 20.5. The Bertz CT molecular complexity index is 3110. The third-order valence-electron chi connectivity index (χ3n) is 11.0. The van der Waals surface area contributed by atoms with Gasteiger partial charge in [0.1, 0.15) is 5.52 Å². The van der Waals surface area contributed by atoms with Crippen LogP contribution in [0.1, 0.15) is 25.0 Å². The highest BCUT2D eigenvalue weighted by atomic mass is 32.1. The summed E-state index contributed by atoms with van der Waals surface area (Å²) in [6, 6.07) is 54.9. The molecule has 0 unspecified atom stereocenters. The molecule has 0 aliphatic heterocycles. The van der Waals surface area contributed by atoms with Crippen LogP contribution in [0.25, 0.3) is 99.1 Å². The number of hydrogen-bond acceptors (Lipinski definition) is 6. The van der Waals surface area contributed by atoms with E-state index >= 15 is 0 Å². The first-order valence-corrected chi connectivity index (χ1v) is 19.3. The molecule has 260 valence electrons. The lowest BCUT2D eigenvalue weighted by Gasteiger charge is -2.21. The van der Waals surface area contributed by atoms with Gasteiger partial charge in [-0.1, -0.05) is 135 Å². The Balaban J connectivity index is 1.08. The van der Waals surface area contributed by atoms with E-state index < -0.39 is 0 Å². The highest BCUT2D eigenvalue weighted by molar-refractivity contribution is 7.26. The van der Waals surface area contributed by atoms with Crippen molar-refractivity contribution in [3.63, 3.8) is 0 Å². The molecule has 1 aliphatic carbocycles. The van der Waals surface area contributed by atoms with E-state index in [0.717, 1.165) is 50.0 Å². The predicted molar refractivity (Wildman–Crippen MR) is 225 cm³/mol. The van der Waals surface area contributed by atoms with Gasteiger partial charge >= 0.3 is 0 Å². The fourth-order valence-electron chi connectivity index (χ4n) is 8.17. The highest BCUT2D eigenvalue weighted by Gasteiger charge is 2.38. The largest absolute Gasteiger partial charge is 0.435 e. The Hall–Kier alpha value is -6.76. The first-order chi connectivity index (χ1) is 27.0. The van der Waals surface area contributed by atoms with E-state index in [1.165, 1.54) is 36.9 Å². The minimum Gasteiger partial charge on any atom is -0.435 e. The third-order valence-corrected chi connectivity index (χ3v) is 12.2. The lowest BCUT2D eigenvalue weighted by molar-refractivity contribution is 0.618. The van der Waals surface area contributed by atoms with E-state index in [2.05, 4.69) is 135 Å². The molecule has 0 atom stereocenters. The predicted octanol–water partition coefficient (Wildman–Crippen LogP) is 13.0. The Labute approximate surface area is 321 Å². The van der Waals surface area contributed by atoms with Crippen molar-refractivity contribution in [2.45, 2.75) is 19.3 Å². The molecule has 0 saturated carbocycles. The smallest absolute Gasteiger partial charge is 0.227 e. The molecule has 0 fully saturated rings. The SMILES string of the molecule is CC1(C)c2cc(-c3nc(-c4ccc(-c5ccccc5)cc4)nc(-c4cccc5c4sc4ccccc45)n3)ccc2-c2c1ccc1nc(-c3ccccc3)oc21. The number of aromatic nitrogens is 4.